The highest BCUT2D eigenvalue weighted by atomic mass is 35.5. The normalized spacial score (nSPS) is 14.0. The van der Waals surface area contributed by atoms with Crippen LogP contribution in [0.5, 0.6) is 0 Å². The second kappa shape index (κ2) is 7.16. The van der Waals surface area contributed by atoms with Crippen molar-refractivity contribution in [1.29, 1.82) is 0 Å². The second-order valence-electron chi connectivity index (χ2n) is 5.04. The van der Waals surface area contributed by atoms with Gasteiger partial charge in [-0.15, -0.1) is 0 Å². The second-order valence-corrected chi connectivity index (χ2v) is 6.82. The molecule has 2 N–H and O–H groups in total. The first-order chi connectivity index (χ1) is 9.58. The van der Waals surface area contributed by atoms with E-state index in [2.05, 4.69) is 44.2 Å². The molecule has 2 aromatic rings. The van der Waals surface area contributed by atoms with Crippen molar-refractivity contribution in [2.24, 2.45) is 5.73 Å². The molecule has 20 heavy (non-hydrogen) atoms. The van der Waals surface area contributed by atoms with E-state index in [1.54, 1.807) is 0 Å². The molecular formula is C17H20ClNS. The smallest absolute Gasteiger partial charge is 0.0446 e. The van der Waals surface area contributed by atoms with Gasteiger partial charge in [-0.05, 0) is 24.1 Å². The summed E-state index contributed by atoms with van der Waals surface area (Å²) in [5, 5.41) is 1.17. The van der Waals surface area contributed by atoms with Gasteiger partial charge >= 0.3 is 0 Å². The average molecular weight is 306 g/mol. The van der Waals surface area contributed by atoms with Crippen LogP contribution in [0.2, 0.25) is 5.02 Å². The Bertz CT molecular complexity index is 553. The predicted molar refractivity (Wildman–Crippen MR) is 90.3 cm³/mol. The van der Waals surface area contributed by atoms with Crippen molar-refractivity contribution >= 4 is 23.4 Å². The van der Waals surface area contributed by atoms with Gasteiger partial charge in [-0.1, -0.05) is 66.6 Å². The molecule has 0 saturated carbocycles. The number of rotatable bonds is 5. The summed E-state index contributed by atoms with van der Waals surface area (Å²) in [7, 11) is 0. The zero-order valence-electron chi connectivity index (χ0n) is 11.8. The SMILES string of the molecule is Cc1ccc(C(N)C(C)SCc2ccccc2Cl)cc1. The molecule has 0 saturated heterocycles. The highest BCUT2D eigenvalue weighted by Gasteiger charge is 2.15. The lowest BCUT2D eigenvalue weighted by Gasteiger charge is -2.20. The van der Waals surface area contributed by atoms with E-state index in [9.17, 15) is 0 Å². The fourth-order valence-corrected chi connectivity index (χ4v) is 3.34. The third kappa shape index (κ3) is 4.02. The molecule has 3 heteroatoms. The molecule has 2 unspecified atom stereocenters. The molecule has 2 rings (SSSR count). The summed E-state index contributed by atoms with van der Waals surface area (Å²) in [6.45, 7) is 4.26. The minimum Gasteiger partial charge on any atom is -0.323 e. The van der Waals surface area contributed by atoms with Crippen LogP contribution in [-0.4, -0.2) is 5.25 Å². The van der Waals surface area contributed by atoms with Crippen molar-refractivity contribution in [3.63, 3.8) is 0 Å². The first-order valence-corrected chi connectivity index (χ1v) is 8.18. The molecule has 0 bridgehead atoms. The van der Waals surface area contributed by atoms with E-state index >= 15 is 0 Å². The maximum absolute atomic E-state index is 6.34. The van der Waals surface area contributed by atoms with E-state index < -0.39 is 0 Å². The molecule has 1 nitrogen and oxygen atoms in total. The van der Waals surface area contributed by atoms with E-state index in [4.69, 9.17) is 17.3 Å². The molecule has 2 aromatic carbocycles. The van der Waals surface area contributed by atoms with Gasteiger partial charge in [-0.3, -0.25) is 0 Å². The van der Waals surface area contributed by atoms with E-state index in [1.165, 1.54) is 16.7 Å². The van der Waals surface area contributed by atoms with Crippen LogP contribution >= 0.6 is 23.4 Å². The molecule has 0 aromatic heterocycles. The third-order valence-electron chi connectivity index (χ3n) is 3.43. The average Bonchev–Trinajstić information content (AvgIpc) is 2.46. The van der Waals surface area contributed by atoms with Crippen LogP contribution in [0.15, 0.2) is 48.5 Å². The van der Waals surface area contributed by atoms with Crippen LogP contribution in [0.3, 0.4) is 0 Å². The fourth-order valence-electron chi connectivity index (χ4n) is 2.00. The fraction of sp³-hybridized carbons (Fsp3) is 0.294. The number of nitrogens with two attached hydrogens (primary N) is 1. The summed E-state index contributed by atoms with van der Waals surface area (Å²) >= 11 is 8.02. The van der Waals surface area contributed by atoms with Crippen molar-refractivity contribution in [2.75, 3.05) is 0 Å². The van der Waals surface area contributed by atoms with Crippen LogP contribution < -0.4 is 5.73 Å². The van der Waals surface area contributed by atoms with Crippen molar-refractivity contribution in [1.82, 2.24) is 0 Å². The lowest BCUT2D eigenvalue weighted by atomic mass is 10.0. The Hall–Kier alpha value is -0.960. The molecule has 0 radical (unpaired) electrons. The third-order valence-corrected chi connectivity index (χ3v) is 5.09. The van der Waals surface area contributed by atoms with E-state index in [0.717, 1.165) is 10.8 Å². The van der Waals surface area contributed by atoms with Crippen molar-refractivity contribution in [3.8, 4) is 0 Å². The Morgan fingerprint density at radius 2 is 1.75 bits per heavy atom. The summed E-state index contributed by atoms with van der Waals surface area (Å²) < 4.78 is 0. The topological polar surface area (TPSA) is 26.0 Å². The van der Waals surface area contributed by atoms with Crippen LogP contribution in [0, 0.1) is 6.92 Å². The maximum atomic E-state index is 6.34. The first kappa shape index (κ1) is 15.4. The van der Waals surface area contributed by atoms with Gasteiger partial charge in [0, 0.05) is 22.1 Å². The number of aryl methyl sites for hydroxylation is 1. The molecule has 0 aliphatic heterocycles. The Morgan fingerprint density at radius 1 is 1.10 bits per heavy atom. The molecule has 0 spiro atoms. The first-order valence-electron chi connectivity index (χ1n) is 6.75. The van der Waals surface area contributed by atoms with Gasteiger partial charge in [0.1, 0.15) is 0 Å². The summed E-state index contributed by atoms with van der Waals surface area (Å²) in [6.07, 6.45) is 0. The highest BCUT2D eigenvalue weighted by Crippen LogP contribution is 2.29. The van der Waals surface area contributed by atoms with E-state index in [-0.39, 0.29) is 6.04 Å². The zero-order valence-corrected chi connectivity index (χ0v) is 13.4. The van der Waals surface area contributed by atoms with Gasteiger partial charge in [-0.25, -0.2) is 0 Å². The lowest BCUT2D eigenvalue weighted by molar-refractivity contribution is 0.714. The zero-order chi connectivity index (χ0) is 14.5. The monoisotopic (exact) mass is 305 g/mol. The number of benzene rings is 2. The molecule has 0 fully saturated rings. The van der Waals surface area contributed by atoms with Gasteiger partial charge in [0.15, 0.2) is 0 Å². The van der Waals surface area contributed by atoms with Crippen LogP contribution in [-0.2, 0) is 5.75 Å². The van der Waals surface area contributed by atoms with Gasteiger partial charge in [0.25, 0.3) is 0 Å². The number of halogens is 1. The Balaban J connectivity index is 1.96. The summed E-state index contributed by atoms with van der Waals surface area (Å²) in [5.74, 6) is 0.889. The van der Waals surface area contributed by atoms with Crippen molar-refractivity contribution < 1.29 is 0 Å². The molecular weight excluding hydrogens is 286 g/mol. The van der Waals surface area contributed by atoms with Crippen LogP contribution in [0.4, 0.5) is 0 Å². The van der Waals surface area contributed by atoms with Crippen LogP contribution in [0.25, 0.3) is 0 Å². The van der Waals surface area contributed by atoms with Crippen molar-refractivity contribution in [2.45, 2.75) is 30.9 Å². The number of thioether (sulfide) groups is 1. The Labute approximate surface area is 130 Å². The summed E-state index contributed by atoms with van der Waals surface area (Å²) in [6, 6.07) is 16.5. The van der Waals surface area contributed by atoms with Crippen molar-refractivity contribution in [3.05, 3.63) is 70.2 Å². The van der Waals surface area contributed by atoms with Gasteiger partial charge in [-0.2, -0.15) is 11.8 Å². The summed E-state index contributed by atoms with van der Waals surface area (Å²) in [4.78, 5) is 0. The Morgan fingerprint density at radius 3 is 2.40 bits per heavy atom. The molecule has 0 heterocycles. The predicted octanol–water partition coefficient (Wildman–Crippen LogP) is 4.97. The van der Waals surface area contributed by atoms with Gasteiger partial charge < -0.3 is 5.73 Å². The number of hydrogen-bond donors (Lipinski definition) is 1. The lowest BCUT2D eigenvalue weighted by Crippen LogP contribution is -2.21. The standard InChI is InChI=1S/C17H20ClNS/c1-12-7-9-14(10-8-12)17(19)13(2)20-11-15-5-3-4-6-16(15)18/h3-10,13,17H,11,19H2,1-2H3. The van der Waals surface area contributed by atoms with E-state index in [1.807, 2.05) is 30.0 Å². The maximum Gasteiger partial charge on any atom is 0.0446 e. The van der Waals surface area contributed by atoms with Gasteiger partial charge in [0.05, 0.1) is 0 Å². The number of hydrogen-bond acceptors (Lipinski definition) is 2. The largest absolute Gasteiger partial charge is 0.323 e. The molecule has 106 valence electrons. The van der Waals surface area contributed by atoms with E-state index in [0.29, 0.717) is 5.25 Å². The highest BCUT2D eigenvalue weighted by molar-refractivity contribution is 7.99. The molecule has 2 atom stereocenters. The van der Waals surface area contributed by atoms with Gasteiger partial charge in [0.2, 0.25) is 0 Å². The molecule has 0 aliphatic rings. The minimum absolute atomic E-state index is 0.0445. The Kier molecular flexibility index (Phi) is 5.53. The molecule has 0 amide bonds. The van der Waals surface area contributed by atoms with Crippen LogP contribution in [0.1, 0.15) is 29.7 Å². The quantitative estimate of drug-likeness (QED) is 0.844. The molecule has 0 aliphatic carbocycles. The minimum atomic E-state index is 0.0445. The summed E-state index contributed by atoms with van der Waals surface area (Å²) in [5.41, 5.74) is 9.96.